The predicted octanol–water partition coefficient (Wildman–Crippen LogP) is 4.88. The second-order valence-electron chi connectivity index (χ2n) is 8.49. The van der Waals surface area contributed by atoms with Gasteiger partial charge in [0.1, 0.15) is 5.75 Å². The van der Waals surface area contributed by atoms with Gasteiger partial charge in [-0.1, -0.05) is 12.1 Å². The molecule has 1 aromatic heterocycles. The minimum atomic E-state index is -0.273. The molecule has 0 saturated heterocycles. The van der Waals surface area contributed by atoms with E-state index >= 15 is 0 Å². The summed E-state index contributed by atoms with van der Waals surface area (Å²) in [7, 11) is 3.72. The van der Waals surface area contributed by atoms with Crippen molar-refractivity contribution in [3.63, 3.8) is 0 Å². The van der Waals surface area contributed by atoms with Gasteiger partial charge in [0, 0.05) is 53.6 Å². The van der Waals surface area contributed by atoms with E-state index in [1.165, 1.54) is 5.57 Å². The number of ether oxygens (including phenoxy) is 1. The molecule has 0 fully saturated rings. The van der Waals surface area contributed by atoms with Crippen molar-refractivity contribution in [2.75, 3.05) is 19.1 Å². The molecular weight excluding hydrogens is 400 g/mol. The average molecular weight is 429 g/mol. The normalized spacial score (nSPS) is 14.8. The van der Waals surface area contributed by atoms with Crippen molar-refractivity contribution < 1.29 is 9.53 Å². The number of carbonyl (C=O) groups excluding carboxylic acids is 1. The molecule has 0 aliphatic carbocycles. The van der Waals surface area contributed by atoms with Crippen LogP contribution in [0.15, 0.2) is 72.1 Å². The Balaban J connectivity index is 1.56. The standard InChI is InChI=1S/C26H28N4O2/c1-18-16-26(2,3)29(4)23-15-24(32-5)20(14-22(18)23)17-27-28-25(31)19-9-8-10-21(13-19)30-11-6-7-12-30/h6-17H,1-5H3,(H,28,31)/b27-17+. The molecule has 6 heteroatoms. The Bertz CT molecular complexity index is 1210. The van der Waals surface area contributed by atoms with Gasteiger partial charge in [0.2, 0.25) is 0 Å². The molecular formula is C26H28N4O2. The number of likely N-dealkylation sites (N-methyl/N-ethyl adjacent to an activating group) is 1. The molecule has 1 amide bonds. The third-order valence-corrected chi connectivity index (χ3v) is 5.95. The van der Waals surface area contributed by atoms with E-state index in [-0.39, 0.29) is 11.4 Å². The first-order chi connectivity index (χ1) is 15.3. The number of carbonyl (C=O) groups is 1. The van der Waals surface area contributed by atoms with Crippen molar-refractivity contribution in [1.29, 1.82) is 0 Å². The summed E-state index contributed by atoms with van der Waals surface area (Å²) in [5, 5.41) is 4.20. The molecule has 6 nitrogen and oxygen atoms in total. The molecule has 2 heterocycles. The highest BCUT2D eigenvalue weighted by molar-refractivity contribution is 5.96. The number of hydrazone groups is 1. The van der Waals surface area contributed by atoms with Gasteiger partial charge in [-0.25, -0.2) is 5.43 Å². The van der Waals surface area contributed by atoms with Crippen molar-refractivity contribution in [2.24, 2.45) is 5.10 Å². The summed E-state index contributed by atoms with van der Waals surface area (Å²) >= 11 is 0. The first-order valence-corrected chi connectivity index (χ1v) is 10.5. The number of anilines is 1. The Hall–Kier alpha value is -3.80. The van der Waals surface area contributed by atoms with Gasteiger partial charge >= 0.3 is 0 Å². The lowest BCUT2D eigenvalue weighted by molar-refractivity contribution is 0.0955. The Morgan fingerprint density at radius 3 is 2.59 bits per heavy atom. The number of benzene rings is 2. The summed E-state index contributed by atoms with van der Waals surface area (Å²) in [6.07, 6.45) is 7.75. The summed E-state index contributed by atoms with van der Waals surface area (Å²) in [6, 6.07) is 15.4. The van der Waals surface area contributed by atoms with Gasteiger partial charge in [0.25, 0.3) is 5.91 Å². The van der Waals surface area contributed by atoms with E-state index in [0.717, 1.165) is 22.5 Å². The van der Waals surface area contributed by atoms with Gasteiger partial charge in [-0.2, -0.15) is 5.10 Å². The van der Waals surface area contributed by atoms with Gasteiger partial charge in [-0.15, -0.1) is 0 Å². The molecule has 164 valence electrons. The van der Waals surface area contributed by atoms with Crippen LogP contribution in [0, 0.1) is 0 Å². The van der Waals surface area contributed by atoms with Crippen LogP contribution in [0.4, 0.5) is 5.69 Å². The molecule has 32 heavy (non-hydrogen) atoms. The van der Waals surface area contributed by atoms with Crippen LogP contribution >= 0.6 is 0 Å². The lowest BCUT2D eigenvalue weighted by atomic mass is 9.88. The molecule has 0 bridgehead atoms. The Kier molecular flexibility index (Phi) is 5.61. The largest absolute Gasteiger partial charge is 0.496 e. The molecule has 2 aromatic carbocycles. The van der Waals surface area contributed by atoms with Crippen molar-refractivity contribution >= 4 is 23.4 Å². The number of methoxy groups -OCH3 is 1. The van der Waals surface area contributed by atoms with Gasteiger partial charge in [-0.05, 0) is 62.7 Å². The van der Waals surface area contributed by atoms with E-state index in [4.69, 9.17) is 4.74 Å². The van der Waals surface area contributed by atoms with Gasteiger partial charge in [0.15, 0.2) is 0 Å². The van der Waals surface area contributed by atoms with E-state index in [2.05, 4.69) is 49.3 Å². The van der Waals surface area contributed by atoms with E-state index in [1.54, 1.807) is 19.4 Å². The summed E-state index contributed by atoms with van der Waals surface area (Å²) in [5.74, 6) is 0.429. The van der Waals surface area contributed by atoms with Crippen molar-refractivity contribution in [1.82, 2.24) is 9.99 Å². The van der Waals surface area contributed by atoms with E-state index < -0.39 is 0 Å². The molecule has 4 rings (SSSR count). The molecule has 0 spiro atoms. The Morgan fingerprint density at radius 2 is 1.88 bits per heavy atom. The van der Waals surface area contributed by atoms with Gasteiger partial charge in [0.05, 0.1) is 18.9 Å². The molecule has 1 aliphatic heterocycles. The quantitative estimate of drug-likeness (QED) is 0.465. The van der Waals surface area contributed by atoms with Crippen LogP contribution in [0.25, 0.3) is 11.3 Å². The number of nitrogens with one attached hydrogen (secondary N) is 1. The zero-order chi connectivity index (χ0) is 22.9. The summed E-state index contributed by atoms with van der Waals surface area (Å²) in [4.78, 5) is 14.9. The minimum Gasteiger partial charge on any atom is -0.496 e. The zero-order valence-corrected chi connectivity index (χ0v) is 19.1. The maximum absolute atomic E-state index is 12.6. The van der Waals surface area contributed by atoms with E-state index in [0.29, 0.717) is 11.3 Å². The number of nitrogens with zero attached hydrogens (tertiary/aromatic N) is 3. The van der Waals surface area contributed by atoms with Gasteiger partial charge < -0.3 is 14.2 Å². The number of amides is 1. The number of hydrogen-bond donors (Lipinski definition) is 1. The monoisotopic (exact) mass is 428 g/mol. The first-order valence-electron chi connectivity index (χ1n) is 10.5. The fourth-order valence-corrected chi connectivity index (χ4v) is 4.01. The maximum atomic E-state index is 12.6. The number of hydrogen-bond acceptors (Lipinski definition) is 4. The highest BCUT2D eigenvalue weighted by Crippen LogP contribution is 2.40. The number of fused-ring (bicyclic) bond motifs is 1. The fraction of sp³-hybridized carbons (Fsp3) is 0.231. The Morgan fingerprint density at radius 1 is 1.12 bits per heavy atom. The van der Waals surface area contributed by atoms with Crippen LogP contribution in [-0.2, 0) is 0 Å². The van der Waals surface area contributed by atoms with Crippen molar-refractivity contribution in [2.45, 2.75) is 26.3 Å². The summed E-state index contributed by atoms with van der Waals surface area (Å²) < 4.78 is 7.56. The van der Waals surface area contributed by atoms with Crippen LogP contribution in [-0.4, -0.2) is 36.4 Å². The SMILES string of the molecule is COc1cc2c(cc1/C=N/NC(=O)c1cccc(-n3cccc3)c1)C(C)=CC(C)(C)N2C. The minimum absolute atomic E-state index is 0.0825. The van der Waals surface area contributed by atoms with Gasteiger partial charge in [-0.3, -0.25) is 4.79 Å². The Labute approximate surface area is 188 Å². The van der Waals surface area contributed by atoms with Crippen LogP contribution < -0.4 is 15.1 Å². The number of rotatable bonds is 5. The number of allylic oxidation sites excluding steroid dienone is 1. The lowest BCUT2D eigenvalue weighted by Gasteiger charge is -2.40. The molecule has 0 saturated carbocycles. The highest BCUT2D eigenvalue weighted by atomic mass is 16.5. The molecule has 0 unspecified atom stereocenters. The average Bonchev–Trinajstić information content (AvgIpc) is 3.32. The molecule has 0 radical (unpaired) electrons. The number of aromatic nitrogens is 1. The van der Waals surface area contributed by atoms with Crippen LogP contribution in [0.3, 0.4) is 0 Å². The first kappa shape index (κ1) is 21.4. The molecule has 1 N–H and O–H groups in total. The fourth-order valence-electron chi connectivity index (χ4n) is 4.01. The lowest BCUT2D eigenvalue weighted by Crippen LogP contribution is -2.42. The predicted molar refractivity (Wildman–Crippen MR) is 130 cm³/mol. The third-order valence-electron chi connectivity index (χ3n) is 5.95. The molecule has 1 aliphatic rings. The molecule has 0 atom stereocenters. The highest BCUT2D eigenvalue weighted by Gasteiger charge is 2.29. The third kappa shape index (κ3) is 4.04. The van der Waals surface area contributed by atoms with Crippen LogP contribution in [0.1, 0.15) is 42.3 Å². The summed E-state index contributed by atoms with van der Waals surface area (Å²) in [5.41, 5.74) is 8.22. The van der Waals surface area contributed by atoms with E-state index in [9.17, 15) is 4.79 Å². The topological polar surface area (TPSA) is 58.9 Å². The second kappa shape index (κ2) is 8.38. The zero-order valence-electron chi connectivity index (χ0n) is 19.1. The van der Waals surface area contributed by atoms with E-state index in [1.807, 2.05) is 59.4 Å². The smallest absolute Gasteiger partial charge is 0.271 e. The second-order valence-corrected chi connectivity index (χ2v) is 8.49. The van der Waals surface area contributed by atoms with Crippen LogP contribution in [0.2, 0.25) is 0 Å². The van der Waals surface area contributed by atoms with Crippen molar-refractivity contribution in [3.05, 3.63) is 83.7 Å². The van der Waals surface area contributed by atoms with Crippen molar-refractivity contribution in [3.8, 4) is 11.4 Å². The van der Waals surface area contributed by atoms with Crippen LogP contribution in [0.5, 0.6) is 5.75 Å². The maximum Gasteiger partial charge on any atom is 0.271 e. The molecule has 3 aromatic rings. The summed E-state index contributed by atoms with van der Waals surface area (Å²) in [6.45, 7) is 6.48.